The fraction of sp³-hybridized carbons (Fsp3) is 0.167. The van der Waals surface area contributed by atoms with Gasteiger partial charge in [-0.3, -0.25) is 0 Å². The summed E-state index contributed by atoms with van der Waals surface area (Å²) in [6, 6.07) is 17.0. The Balaban J connectivity index is 2.09. The SMILES string of the molecule is Cc1cccc(-c2cnc(-c3cccc(C)c3)n2C)c1. The van der Waals surface area contributed by atoms with Crippen molar-refractivity contribution in [2.45, 2.75) is 13.8 Å². The van der Waals surface area contributed by atoms with Gasteiger partial charge in [-0.2, -0.15) is 0 Å². The highest BCUT2D eigenvalue weighted by Gasteiger charge is 2.10. The summed E-state index contributed by atoms with van der Waals surface area (Å²) >= 11 is 0. The van der Waals surface area contributed by atoms with Crippen molar-refractivity contribution >= 4 is 0 Å². The molecular formula is C18H18N2. The molecular weight excluding hydrogens is 244 g/mol. The predicted molar refractivity (Wildman–Crippen MR) is 83.6 cm³/mol. The minimum Gasteiger partial charge on any atom is -0.327 e. The molecule has 0 amide bonds. The Hall–Kier alpha value is -2.35. The van der Waals surface area contributed by atoms with Gasteiger partial charge in [-0.05, 0) is 26.0 Å². The van der Waals surface area contributed by atoms with Crippen molar-refractivity contribution in [3.8, 4) is 22.6 Å². The van der Waals surface area contributed by atoms with Gasteiger partial charge in [-0.25, -0.2) is 4.98 Å². The molecule has 2 nitrogen and oxygen atoms in total. The highest BCUT2D eigenvalue weighted by atomic mass is 15.1. The molecule has 0 fully saturated rings. The predicted octanol–water partition coefficient (Wildman–Crippen LogP) is 4.37. The molecule has 3 rings (SSSR count). The molecule has 0 saturated heterocycles. The molecule has 100 valence electrons. The molecule has 0 aliphatic rings. The standard InChI is InChI=1S/C18H18N2/c1-13-6-4-8-15(10-13)17-12-19-18(20(17)3)16-9-5-7-14(2)11-16/h4-12H,1-3H3. The van der Waals surface area contributed by atoms with Gasteiger partial charge in [0.05, 0.1) is 11.9 Å². The minimum atomic E-state index is 1.00. The first-order valence-corrected chi connectivity index (χ1v) is 6.81. The highest BCUT2D eigenvalue weighted by Crippen LogP contribution is 2.26. The summed E-state index contributed by atoms with van der Waals surface area (Å²) in [4.78, 5) is 4.60. The lowest BCUT2D eigenvalue weighted by Crippen LogP contribution is -1.95. The second-order valence-corrected chi connectivity index (χ2v) is 5.27. The highest BCUT2D eigenvalue weighted by molar-refractivity contribution is 5.66. The van der Waals surface area contributed by atoms with E-state index in [9.17, 15) is 0 Å². The molecule has 0 spiro atoms. The zero-order valence-corrected chi connectivity index (χ0v) is 12.1. The van der Waals surface area contributed by atoms with E-state index in [0.29, 0.717) is 0 Å². The van der Waals surface area contributed by atoms with Crippen LogP contribution in [0.2, 0.25) is 0 Å². The third-order valence-electron chi connectivity index (χ3n) is 3.58. The van der Waals surface area contributed by atoms with Crippen molar-refractivity contribution in [3.63, 3.8) is 0 Å². The molecule has 0 atom stereocenters. The second kappa shape index (κ2) is 4.97. The third-order valence-corrected chi connectivity index (χ3v) is 3.58. The van der Waals surface area contributed by atoms with Gasteiger partial charge in [0.1, 0.15) is 5.82 Å². The van der Waals surface area contributed by atoms with E-state index in [4.69, 9.17) is 0 Å². The van der Waals surface area contributed by atoms with Gasteiger partial charge in [-0.15, -0.1) is 0 Å². The molecule has 0 aliphatic heterocycles. The Morgan fingerprint density at radius 1 is 0.850 bits per heavy atom. The topological polar surface area (TPSA) is 17.8 Å². The van der Waals surface area contributed by atoms with Crippen LogP contribution in [-0.4, -0.2) is 9.55 Å². The van der Waals surface area contributed by atoms with Crippen LogP contribution in [0.15, 0.2) is 54.7 Å². The Bertz CT molecular complexity index is 691. The Kier molecular flexibility index (Phi) is 3.15. The van der Waals surface area contributed by atoms with Gasteiger partial charge in [0.15, 0.2) is 0 Å². The van der Waals surface area contributed by atoms with Crippen molar-refractivity contribution in [1.82, 2.24) is 9.55 Å². The van der Waals surface area contributed by atoms with E-state index >= 15 is 0 Å². The normalized spacial score (nSPS) is 10.8. The summed E-state index contributed by atoms with van der Waals surface area (Å²) in [5.74, 6) is 1.00. The number of imidazole rings is 1. The molecule has 20 heavy (non-hydrogen) atoms. The van der Waals surface area contributed by atoms with Gasteiger partial charge in [0.25, 0.3) is 0 Å². The van der Waals surface area contributed by atoms with Crippen LogP contribution in [0.5, 0.6) is 0 Å². The number of aryl methyl sites for hydroxylation is 2. The summed E-state index contributed by atoms with van der Waals surface area (Å²) in [7, 11) is 2.07. The van der Waals surface area contributed by atoms with Gasteiger partial charge < -0.3 is 4.57 Å². The summed E-state index contributed by atoms with van der Waals surface area (Å²) in [5, 5.41) is 0. The second-order valence-electron chi connectivity index (χ2n) is 5.27. The summed E-state index contributed by atoms with van der Waals surface area (Å²) < 4.78 is 2.16. The van der Waals surface area contributed by atoms with E-state index in [-0.39, 0.29) is 0 Å². The zero-order chi connectivity index (χ0) is 14.1. The van der Waals surface area contributed by atoms with E-state index in [2.05, 4.69) is 79.0 Å². The van der Waals surface area contributed by atoms with E-state index in [0.717, 1.165) is 17.1 Å². The molecule has 1 aromatic heterocycles. The fourth-order valence-corrected chi connectivity index (χ4v) is 2.53. The molecule has 3 aromatic rings. The maximum absolute atomic E-state index is 4.60. The first-order chi connectivity index (χ1) is 9.65. The van der Waals surface area contributed by atoms with Crippen LogP contribution in [0.1, 0.15) is 11.1 Å². The summed E-state index contributed by atoms with van der Waals surface area (Å²) in [6.45, 7) is 4.22. The average molecular weight is 262 g/mol. The van der Waals surface area contributed by atoms with Crippen LogP contribution in [-0.2, 0) is 7.05 Å². The fourth-order valence-electron chi connectivity index (χ4n) is 2.53. The van der Waals surface area contributed by atoms with Crippen LogP contribution < -0.4 is 0 Å². The number of aromatic nitrogens is 2. The molecule has 2 aromatic carbocycles. The smallest absolute Gasteiger partial charge is 0.140 e. The maximum Gasteiger partial charge on any atom is 0.140 e. The minimum absolute atomic E-state index is 1.00. The molecule has 2 heteroatoms. The summed E-state index contributed by atoms with van der Waals surface area (Å²) in [6.07, 6.45) is 1.95. The third kappa shape index (κ3) is 2.25. The Morgan fingerprint density at radius 2 is 1.45 bits per heavy atom. The molecule has 0 bridgehead atoms. The number of hydrogen-bond acceptors (Lipinski definition) is 1. The molecule has 0 unspecified atom stereocenters. The quantitative estimate of drug-likeness (QED) is 0.670. The first kappa shape index (κ1) is 12.7. The van der Waals surface area contributed by atoms with Crippen molar-refractivity contribution in [3.05, 3.63) is 65.9 Å². The van der Waals surface area contributed by atoms with Gasteiger partial charge in [0.2, 0.25) is 0 Å². The number of hydrogen-bond donors (Lipinski definition) is 0. The number of benzene rings is 2. The van der Waals surface area contributed by atoms with Crippen molar-refractivity contribution < 1.29 is 0 Å². The molecule has 0 aliphatic carbocycles. The Labute approximate surface area is 119 Å². The van der Waals surface area contributed by atoms with Gasteiger partial charge in [0, 0.05) is 18.2 Å². The molecule has 0 saturated carbocycles. The van der Waals surface area contributed by atoms with E-state index in [1.807, 2.05) is 6.20 Å². The summed E-state index contributed by atoms with van der Waals surface area (Å²) in [5.41, 5.74) is 6.03. The lowest BCUT2D eigenvalue weighted by Gasteiger charge is -2.07. The lowest BCUT2D eigenvalue weighted by molar-refractivity contribution is 0.932. The molecule has 1 heterocycles. The zero-order valence-electron chi connectivity index (χ0n) is 12.1. The van der Waals surface area contributed by atoms with Crippen LogP contribution in [0.4, 0.5) is 0 Å². The number of rotatable bonds is 2. The largest absolute Gasteiger partial charge is 0.327 e. The van der Waals surface area contributed by atoms with E-state index < -0.39 is 0 Å². The van der Waals surface area contributed by atoms with Crippen LogP contribution >= 0.6 is 0 Å². The van der Waals surface area contributed by atoms with Crippen LogP contribution in [0.25, 0.3) is 22.6 Å². The van der Waals surface area contributed by atoms with Crippen molar-refractivity contribution in [1.29, 1.82) is 0 Å². The maximum atomic E-state index is 4.60. The van der Waals surface area contributed by atoms with E-state index in [1.54, 1.807) is 0 Å². The van der Waals surface area contributed by atoms with Gasteiger partial charge >= 0.3 is 0 Å². The van der Waals surface area contributed by atoms with Crippen molar-refractivity contribution in [2.75, 3.05) is 0 Å². The van der Waals surface area contributed by atoms with Crippen LogP contribution in [0, 0.1) is 13.8 Å². The van der Waals surface area contributed by atoms with Gasteiger partial charge in [-0.1, -0.05) is 47.5 Å². The first-order valence-electron chi connectivity index (χ1n) is 6.81. The molecule has 0 radical (unpaired) electrons. The lowest BCUT2D eigenvalue weighted by atomic mass is 10.1. The Morgan fingerprint density at radius 3 is 2.10 bits per heavy atom. The monoisotopic (exact) mass is 262 g/mol. The van der Waals surface area contributed by atoms with Crippen molar-refractivity contribution in [2.24, 2.45) is 7.05 Å². The van der Waals surface area contributed by atoms with E-state index in [1.165, 1.54) is 16.7 Å². The van der Waals surface area contributed by atoms with Crippen LogP contribution in [0.3, 0.4) is 0 Å². The average Bonchev–Trinajstić information content (AvgIpc) is 2.80. The molecule has 0 N–H and O–H groups in total. The number of nitrogens with zero attached hydrogens (tertiary/aromatic N) is 2.